The topological polar surface area (TPSA) is 67.4 Å². The molecule has 96 valence electrons. The second kappa shape index (κ2) is 6.54. The standard InChI is InChI=1S/C10H22N2O3S/c1-9(8-11-2)16(13,14)12-6-5-10-4-3-7-15-10/h9-12H,3-8H2,1-2H3. The van der Waals surface area contributed by atoms with Crippen LogP contribution in [-0.4, -0.2) is 46.5 Å². The fourth-order valence-corrected chi connectivity index (χ4v) is 2.85. The molecule has 0 aromatic carbocycles. The monoisotopic (exact) mass is 250 g/mol. The second-order valence-electron chi connectivity index (χ2n) is 4.23. The average Bonchev–Trinajstić information content (AvgIpc) is 2.70. The van der Waals surface area contributed by atoms with Crippen LogP contribution in [0.2, 0.25) is 0 Å². The highest BCUT2D eigenvalue weighted by molar-refractivity contribution is 7.90. The molecule has 0 aromatic rings. The molecule has 2 atom stereocenters. The fraction of sp³-hybridized carbons (Fsp3) is 1.00. The van der Waals surface area contributed by atoms with Crippen molar-refractivity contribution in [2.45, 2.75) is 37.5 Å². The summed E-state index contributed by atoms with van der Waals surface area (Å²) < 4.78 is 31.5. The second-order valence-corrected chi connectivity index (χ2v) is 6.41. The van der Waals surface area contributed by atoms with E-state index >= 15 is 0 Å². The predicted octanol–water partition coefficient (Wildman–Crippen LogP) is 0.0828. The molecule has 2 unspecified atom stereocenters. The predicted molar refractivity (Wildman–Crippen MR) is 63.9 cm³/mol. The van der Waals surface area contributed by atoms with Crippen molar-refractivity contribution in [3.8, 4) is 0 Å². The molecule has 5 nitrogen and oxygen atoms in total. The van der Waals surface area contributed by atoms with Crippen LogP contribution in [0.4, 0.5) is 0 Å². The van der Waals surface area contributed by atoms with E-state index in [0.717, 1.165) is 25.9 Å². The summed E-state index contributed by atoms with van der Waals surface area (Å²) in [5, 5.41) is 2.46. The van der Waals surface area contributed by atoms with Crippen LogP contribution in [0.3, 0.4) is 0 Å². The summed E-state index contributed by atoms with van der Waals surface area (Å²) in [4.78, 5) is 0. The van der Waals surface area contributed by atoms with E-state index in [4.69, 9.17) is 4.74 Å². The molecular formula is C10H22N2O3S. The highest BCUT2D eigenvalue weighted by Crippen LogP contribution is 2.14. The van der Waals surface area contributed by atoms with Crippen molar-refractivity contribution in [1.29, 1.82) is 0 Å². The first kappa shape index (κ1) is 13.9. The van der Waals surface area contributed by atoms with Gasteiger partial charge < -0.3 is 10.1 Å². The van der Waals surface area contributed by atoms with Gasteiger partial charge in [0.25, 0.3) is 0 Å². The summed E-state index contributed by atoms with van der Waals surface area (Å²) >= 11 is 0. The molecule has 2 N–H and O–H groups in total. The van der Waals surface area contributed by atoms with Crippen molar-refractivity contribution in [2.75, 3.05) is 26.7 Å². The Bertz CT molecular complexity index is 286. The Morgan fingerprint density at radius 3 is 2.81 bits per heavy atom. The van der Waals surface area contributed by atoms with Crippen molar-refractivity contribution in [3.63, 3.8) is 0 Å². The van der Waals surface area contributed by atoms with Gasteiger partial charge in [-0.25, -0.2) is 13.1 Å². The number of nitrogens with one attached hydrogen (secondary N) is 2. The summed E-state index contributed by atoms with van der Waals surface area (Å²) in [6.45, 7) is 3.45. The third-order valence-corrected chi connectivity index (χ3v) is 4.65. The molecule has 1 aliphatic rings. The molecule has 1 aliphatic heterocycles. The van der Waals surface area contributed by atoms with Crippen molar-refractivity contribution < 1.29 is 13.2 Å². The SMILES string of the molecule is CNCC(C)S(=O)(=O)NCCC1CCCO1. The van der Waals surface area contributed by atoms with E-state index in [2.05, 4.69) is 10.0 Å². The number of hydrogen-bond donors (Lipinski definition) is 2. The highest BCUT2D eigenvalue weighted by atomic mass is 32.2. The van der Waals surface area contributed by atoms with Gasteiger partial charge in [0.1, 0.15) is 0 Å². The van der Waals surface area contributed by atoms with E-state index in [1.165, 1.54) is 0 Å². The molecule has 6 heteroatoms. The molecule has 1 saturated heterocycles. The average molecular weight is 250 g/mol. The van der Waals surface area contributed by atoms with E-state index in [0.29, 0.717) is 13.1 Å². The van der Waals surface area contributed by atoms with Crippen LogP contribution in [0.25, 0.3) is 0 Å². The molecule has 0 aliphatic carbocycles. The Balaban J connectivity index is 2.24. The van der Waals surface area contributed by atoms with Crippen LogP contribution in [0.5, 0.6) is 0 Å². The quantitative estimate of drug-likeness (QED) is 0.671. The molecule has 0 amide bonds. The number of rotatable bonds is 7. The van der Waals surface area contributed by atoms with Crippen LogP contribution in [0, 0.1) is 0 Å². The minimum absolute atomic E-state index is 0.238. The Morgan fingerprint density at radius 1 is 1.50 bits per heavy atom. The van der Waals surface area contributed by atoms with Crippen molar-refractivity contribution >= 4 is 10.0 Å². The summed E-state index contributed by atoms with van der Waals surface area (Å²) in [6.07, 6.45) is 3.15. The Morgan fingerprint density at radius 2 is 2.25 bits per heavy atom. The molecule has 16 heavy (non-hydrogen) atoms. The van der Waals surface area contributed by atoms with Gasteiger partial charge in [-0.2, -0.15) is 0 Å². The van der Waals surface area contributed by atoms with Crippen molar-refractivity contribution in [2.24, 2.45) is 0 Å². The molecule has 1 heterocycles. The first-order valence-corrected chi connectivity index (χ1v) is 7.35. The van der Waals surface area contributed by atoms with Crippen molar-refractivity contribution in [3.05, 3.63) is 0 Å². The zero-order valence-corrected chi connectivity index (χ0v) is 10.8. The molecule has 0 spiro atoms. The lowest BCUT2D eigenvalue weighted by atomic mass is 10.2. The van der Waals surface area contributed by atoms with Crippen LogP contribution < -0.4 is 10.0 Å². The lowest BCUT2D eigenvalue weighted by Gasteiger charge is -2.14. The van der Waals surface area contributed by atoms with E-state index in [9.17, 15) is 8.42 Å². The maximum Gasteiger partial charge on any atom is 0.215 e. The Labute approximate surface area is 98.0 Å². The van der Waals surface area contributed by atoms with Crippen LogP contribution in [0.15, 0.2) is 0 Å². The number of hydrogen-bond acceptors (Lipinski definition) is 4. The molecular weight excluding hydrogens is 228 g/mol. The van der Waals surface area contributed by atoms with Crippen LogP contribution in [-0.2, 0) is 14.8 Å². The smallest absolute Gasteiger partial charge is 0.215 e. The summed E-state index contributed by atoms with van der Waals surface area (Å²) in [5.74, 6) is 0. The number of sulfonamides is 1. The van der Waals surface area contributed by atoms with E-state index in [-0.39, 0.29) is 6.10 Å². The lowest BCUT2D eigenvalue weighted by molar-refractivity contribution is 0.105. The molecule has 1 rings (SSSR count). The minimum atomic E-state index is -3.18. The van der Waals surface area contributed by atoms with E-state index in [1.54, 1.807) is 14.0 Å². The first-order chi connectivity index (χ1) is 7.56. The summed E-state index contributed by atoms with van der Waals surface area (Å²) in [6, 6.07) is 0. The van der Waals surface area contributed by atoms with Gasteiger partial charge in [-0.3, -0.25) is 0 Å². The van der Waals surface area contributed by atoms with Gasteiger partial charge in [0.05, 0.1) is 11.4 Å². The maximum absolute atomic E-state index is 11.7. The Hall–Kier alpha value is -0.170. The van der Waals surface area contributed by atoms with Gasteiger partial charge in [0.2, 0.25) is 10.0 Å². The summed E-state index contributed by atoms with van der Waals surface area (Å²) in [7, 11) is -1.43. The largest absolute Gasteiger partial charge is 0.378 e. The van der Waals surface area contributed by atoms with Gasteiger partial charge in [-0.1, -0.05) is 0 Å². The third kappa shape index (κ3) is 4.37. The fourth-order valence-electron chi connectivity index (χ4n) is 1.77. The Kier molecular flexibility index (Phi) is 5.68. The maximum atomic E-state index is 11.7. The zero-order chi connectivity index (χ0) is 12.0. The van der Waals surface area contributed by atoms with Gasteiger partial charge in [-0.15, -0.1) is 0 Å². The van der Waals surface area contributed by atoms with Gasteiger partial charge in [0, 0.05) is 19.7 Å². The lowest BCUT2D eigenvalue weighted by Crippen LogP contribution is -2.39. The highest BCUT2D eigenvalue weighted by Gasteiger charge is 2.21. The van der Waals surface area contributed by atoms with Gasteiger partial charge in [-0.05, 0) is 33.2 Å². The zero-order valence-electron chi connectivity index (χ0n) is 10.0. The van der Waals surface area contributed by atoms with Gasteiger partial charge >= 0.3 is 0 Å². The molecule has 0 aromatic heterocycles. The minimum Gasteiger partial charge on any atom is -0.378 e. The molecule has 0 bridgehead atoms. The number of ether oxygens (including phenoxy) is 1. The molecule has 0 saturated carbocycles. The van der Waals surface area contributed by atoms with E-state index < -0.39 is 15.3 Å². The first-order valence-electron chi connectivity index (χ1n) is 5.81. The van der Waals surface area contributed by atoms with E-state index in [1.807, 2.05) is 0 Å². The normalized spacial score (nSPS) is 23.5. The third-order valence-electron chi connectivity index (χ3n) is 2.81. The molecule has 0 radical (unpaired) electrons. The van der Waals surface area contributed by atoms with Crippen LogP contribution in [0.1, 0.15) is 26.2 Å². The molecule has 1 fully saturated rings. The van der Waals surface area contributed by atoms with Crippen molar-refractivity contribution in [1.82, 2.24) is 10.0 Å². The van der Waals surface area contributed by atoms with Gasteiger partial charge in [0.15, 0.2) is 0 Å². The summed E-state index contributed by atoms with van der Waals surface area (Å²) in [5.41, 5.74) is 0. The van der Waals surface area contributed by atoms with Crippen LogP contribution >= 0.6 is 0 Å².